The van der Waals surface area contributed by atoms with Gasteiger partial charge in [-0.25, -0.2) is 9.50 Å². The summed E-state index contributed by atoms with van der Waals surface area (Å²) in [5, 5.41) is 4.74. The van der Waals surface area contributed by atoms with Crippen molar-refractivity contribution in [3.05, 3.63) is 46.1 Å². The number of benzene rings is 1. The molecule has 1 unspecified atom stereocenters. The Labute approximate surface area is 159 Å². The number of aryl methyl sites for hydroxylation is 1. The number of ether oxygens (including phenoxy) is 1. The molecule has 0 spiro atoms. The Balaban J connectivity index is 2.13. The molecule has 0 amide bonds. The SMILES string of the molecule is CCCC(CC)Cc1nc(C)c2c(=O)[nH]c(-c3ccccc3OCC)nn12. The molecule has 2 heterocycles. The average Bonchev–Trinajstić information content (AvgIpc) is 2.98. The van der Waals surface area contributed by atoms with Gasteiger partial charge in [-0.05, 0) is 31.9 Å². The van der Waals surface area contributed by atoms with E-state index in [4.69, 9.17) is 9.84 Å². The number of aromatic nitrogens is 4. The Hall–Kier alpha value is -2.63. The number of aromatic amines is 1. The topological polar surface area (TPSA) is 72.3 Å². The average molecular weight is 368 g/mol. The molecule has 1 atom stereocenters. The fourth-order valence-corrected chi connectivity index (χ4v) is 3.55. The lowest BCUT2D eigenvalue weighted by Gasteiger charge is -2.13. The summed E-state index contributed by atoms with van der Waals surface area (Å²) in [5.74, 6) is 2.60. The highest BCUT2D eigenvalue weighted by atomic mass is 16.5. The van der Waals surface area contributed by atoms with Crippen LogP contribution >= 0.6 is 0 Å². The Morgan fingerprint density at radius 1 is 1.22 bits per heavy atom. The molecule has 0 bridgehead atoms. The molecule has 0 aliphatic heterocycles. The smallest absolute Gasteiger partial charge is 0.277 e. The second-order valence-corrected chi connectivity index (χ2v) is 6.87. The van der Waals surface area contributed by atoms with Crippen LogP contribution in [0.3, 0.4) is 0 Å². The Kier molecular flexibility index (Phi) is 5.94. The van der Waals surface area contributed by atoms with Crippen LogP contribution < -0.4 is 10.3 Å². The van der Waals surface area contributed by atoms with E-state index >= 15 is 0 Å². The minimum absolute atomic E-state index is 0.175. The highest BCUT2D eigenvalue weighted by Gasteiger charge is 2.18. The van der Waals surface area contributed by atoms with Crippen LogP contribution in [-0.4, -0.2) is 26.2 Å². The number of nitrogens with one attached hydrogen (secondary N) is 1. The maximum absolute atomic E-state index is 12.8. The Bertz CT molecular complexity index is 974. The van der Waals surface area contributed by atoms with Crippen molar-refractivity contribution in [2.24, 2.45) is 5.92 Å². The largest absolute Gasteiger partial charge is 0.493 e. The summed E-state index contributed by atoms with van der Waals surface area (Å²) in [6, 6.07) is 7.62. The monoisotopic (exact) mass is 368 g/mol. The zero-order chi connectivity index (χ0) is 19.4. The van der Waals surface area contributed by atoms with Crippen molar-refractivity contribution >= 4 is 5.52 Å². The van der Waals surface area contributed by atoms with E-state index in [1.165, 1.54) is 0 Å². The van der Waals surface area contributed by atoms with Gasteiger partial charge in [0.1, 0.15) is 11.6 Å². The van der Waals surface area contributed by atoms with Gasteiger partial charge >= 0.3 is 0 Å². The summed E-state index contributed by atoms with van der Waals surface area (Å²) in [7, 11) is 0. The molecular weight excluding hydrogens is 340 g/mol. The second-order valence-electron chi connectivity index (χ2n) is 6.87. The van der Waals surface area contributed by atoms with Crippen molar-refractivity contribution in [1.29, 1.82) is 0 Å². The summed E-state index contributed by atoms with van der Waals surface area (Å²) in [6.07, 6.45) is 4.20. The normalized spacial score (nSPS) is 12.4. The lowest BCUT2D eigenvalue weighted by atomic mass is 9.97. The molecular formula is C21H28N4O2. The van der Waals surface area contributed by atoms with Gasteiger partial charge in [0.15, 0.2) is 11.3 Å². The molecule has 1 aromatic carbocycles. The van der Waals surface area contributed by atoms with Gasteiger partial charge in [0.05, 0.1) is 17.9 Å². The number of hydrogen-bond acceptors (Lipinski definition) is 4. The van der Waals surface area contributed by atoms with Gasteiger partial charge in [-0.2, -0.15) is 0 Å². The van der Waals surface area contributed by atoms with Crippen LogP contribution in [0.5, 0.6) is 5.75 Å². The summed E-state index contributed by atoms with van der Waals surface area (Å²) in [4.78, 5) is 20.3. The molecule has 6 nitrogen and oxygen atoms in total. The fraction of sp³-hybridized carbons (Fsp3) is 0.476. The molecule has 0 aliphatic carbocycles. The van der Waals surface area contributed by atoms with Crippen molar-refractivity contribution in [1.82, 2.24) is 19.6 Å². The number of hydrogen-bond donors (Lipinski definition) is 1. The van der Waals surface area contributed by atoms with E-state index in [1.807, 2.05) is 38.1 Å². The van der Waals surface area contributed by atoms with Crippen LogP contribution in [0.15, 0.2) is 29.1 Å². The number of rotatable bonds is 8. The molecule has 0 fully saturated rings. The van der Waals surface area contributed by atoms with Crippen molar-refractivity contribution in [3.63, 3.8) is 0 Å². The third-order valence-corrected chi connectivity index (χ3v) is 4.93. The number of para-hydroxylation sites is 1. The first-order valence-electron chi connectivity index (χ1n) is 9.79. The lowest BCUT2D eigenvalue weighted by Crippen LogP contribution is -2.17. The first-order valence-corrected chi connectivity index (χ1v) is 9.79. The predicted octanol–water partition coefficient (Wildman–Crippen LogP) is 4.16. The maximum Gasteiger partial charge on any atom is 0.277 e. The second kappa shape index (κ2) is 8.37. The molecule has 0 saturated carbocycles. The number of H-pyrrole nitrogens is 1. The van der Waals surface area contributed by atoms with Gasteiger partial charge in [-0.15, -0.1) is 5.10 Å². The lowest BCUT2D eigenvalue weighted by molar-refractivity contribution is 0.341. The van der Waals surface area contributed by atoms with Gasteiger partial charge in [-0.3, -0.25) is 4.79 Å². The van der Waals surface area contributed by atoms with E-state index in [1.54, 1.807) is 4.52 Å². The minimum atomic E-state index is -0.175. The molecule has 0 aliphatic rings. The molecule has 0 saturated heterocycles. The van der Waals surface area contributed by atoms with Gasteiger partial charge in [0.25, 0.3) is 5.56 Å². The molecule has 2 aromatic heterocycles. The standard InChI is InChI=1S/C21H28N4O2/c1-5-10-15(6-2)13-18-22-14(4)19-21(26)23-20(24-25(18)19)16-11-8-9-12-17(16)27-7-3/h8-9,11-12,15H,5-7,10,13H2,1-4H3,(H,23,24,26). The number of imidazole rings is 1. The van der Waals surface area contributed by atoms with Gasteiger partial charge in [-0.1, -0.05) is 45.2 Å². The summed E-state index contributed by atoms with van der Waals surface area (Å²) < 4.78 is 7.43. The Morgan fingerprint density at radius 2 is 2.00 bits per heavy atom. The van der Waals surface area contributed by atoms with Gasteiger partial charge in [0, 0.05) is 6.42 Å². The summed E-state index contributed by atoms with van der Waals surface area (Å²) in [6.45, 7) is 8.75. The third-order valence-electron chi connectivity index (χ3n) is 4.93. The summed E-state index contributed by atoms with van der Waals surface area (Å²) >= 11 is 0. The maximum atomic E-state index is 12.8. The molecule has 27 heavy (non-hydrogen) atoms. The van der Waals surface area contributed by atoms with Crippen LogP contribution in [0.25, 0.3) is 16.9 Å². The van der Waals surface area contributed by atoms with E-state index in [2.05, 4.69) is 23.8 Å². The van der Waals surface area contributed by atoms with E-state index in [9.17, 15) is 4.79 Å². The molecule has 3 aromatic rings. The van der Waals surface area contributed by atoms with Crippen molar-refractivity contribution in [3.8, 4) is 17.1 Å². The van der Waals surface area contributed by atoms with Gasteiger partial charge < -0.3 is 9.72 Å². The van der Waals surface area contributed by atoms with Crippen LogP contribution in [0.2, 0.25) is 0 Å². The van der Waals surface area contributed by atoms with E-state index in [-0.39, 0.29) is 5.56 Å². The molecule has 1 N–H and O–H groups in total. The van der Waals surface area contributed by atoms with Crippen LogP contribution in [0.4, 0.5) is 0 Å². The zero-order valence-corrected chi connectivity index (χ0v) is 16.6. The summed E-state index contributed by atoms with van der Waals surface area (Å²) in [5.41, 5.74) is 1.84. The number of nitrogens with zero attached hydrogens (tertiary/aromatic N) is 3. The third kappa shape index (κ3) is 3.89. The quantitative estimate of drug-likeness (QED) is 0.648. The molecule has 144 valence electrons. The van der Waals surface area contributed by atoms with Crippen LogP contribution in [-0.2, 0) is 6.42 Å². The Morgan fingerprint density at radius 3 is 2.70 bits per heavy atom. The highest BCUT2D eigenvalue weighted by Crippen LogP contribution is 2.27. The van der Waals surface area contributed by atoms with Crippen molar-refractivity contribution in [2.75, 3.05) is 6.61 Å². The molecule has 0 radical (unpaired) electrons. The predicted molar refractivity (Wildman–Crippen MR) is 107 cm³/mol. The van der Waals surface area contributed by atoms with E-state index in [0.717, 1.165) is 42.8 Å². The van der Waals surface area contributed by atoms with Crippen LogP contribution in [0.1, 0.15) is 51.6 Å². The number of fused-ring (bicyclic) bond motifs is 1. The van der Waals surface area contributed by atoms with Crippen molar-refractivity contribution < 1.29 is 4.74 Å². The zero-order valence-electron chi connectivity index (χ0n) is 16.6. The van der Waals surface area contributed by atoms with E-state index in [0.29, 0.717) is 29.6 Å². The highest BCUT2D eigenvalue weighted by molar-refractivity contribution is 5.64. The first-order chi connectivity index (χ1) is 13.1. The van der Waals surface area contributed by atoms with Gasteiger partial charge in [0.2, 0.25) is 0 Å². The molecule has 3 rings (SSSR count). The first kappa shape index (κ1) is 19.1. The fourth-order valence-electron chi connectivity index (χ4n) is 3.55. The minimum Gasteiger partial charge on any atom is -0.493 e. The van der Waals surface area contributed by atoms with Crippen LogP contribution in [0, 0.1) is 12.8 Å². The van der Waals surface area contributed by atoms with Crippen molar-refractivity contribution in [2.45, 2.75) is 53.4 Å². The van der Waals surface area contributed by atoms with E-state index < -0.39 is 0 Å². The molecule has 6 heteroatoms.